The Kier molecular flexibility index (Phi) is 10.9. The van der Waals surface area contributed by atoms with E-state index in [-0.39, 0.29) is 39.6 Å². The van der Waals surface area contributed by atoms with Crippen LogP contribution in [0.5, 0.6) is 0 Å². The van der Waals surface area contributed by atoms with Crippen molar-refractivity contribution in [3.05, 3.63) is 97.9 Å². The molecule has 0 aliphatic carbocycles. The number of benzene rings is 3. The fourth-order valence-electron chi connectivity index (χ4n) is 3.96. The van der Waals surface area contributed by atoms with Gasteiger partial charge in [0.15, 0.2) is 0 Å². The lowest BCUT2D eigenvalue weighted by molar-refractivity contribution is -0.140. The molecule has 0 aliphatic heterocycles. The molecule has 208 valence electrons. The minimum Gasteiger partial charge on any atom is -0.355 e. The number of hydrogen-bond donors (Lipinski definition) is 1. The number of nitrogens with zero attached hydrogens (tertiary/aromatic N) is 2. The van der Waals surface area contributed by atoms with Crippen LogP contribution >= 0.6 is 46.4 Å². The van der Waals surface area contributed by atoms with Crippen molar-refractivity contribution in [2.45, 2.75) is 25.9 Å². The van der Waals surface area contributed by atoms with Gasteiger partial charge in [-0.15, -0.1) is 0 Å². The van der Waals surface area contributed by atoms with Gasteiger partial charge in [-0.2, -0.15) is 0 Å². The number of likely N-dealkylation sites (N-methyl/N-ethyl adjacent to an activating group) is 1. The van der Waals surface area contributed by atoms with Crippen molar-refractivity contribution in [2.75, 3.05) is 23.7 Å². The summed E-state index contributed by atoms with van der Waals surface area (Å²) in [6, 6.07) is 17.6. The first-order valence-corrected chi connectivity index (χ1v) is 15.2. The van der Waals surface area contributed by atoms with Crippen LogP contribution in [-0.4, -0.2) is 50.5 Å². The standard InChI is InChI=1S/C27H27Cl4N3O4S/c1-3-32-27(36)24(15-18-8-5-4-6-9-18)33(16-19-12-13-20(28)22(30)14-19)25(35)17-34(39(2,37)38)23-11-7-10-21(29)26(23)31/h4-14,24H,3,15-17H2,1-2H3,(H,32,36)/t24-/m1/s1. The molecule has 0 radical (unpaired) electrons. The first-order valence-electron chi connectivity index (χ1n) is 11.9. The lowest BCUT2D eigenvalue weighted by Gasteiger charge is -2.33. The normalized spacial score (nSPS) is 12.1. The van der Waals surface area contributed by atoms with Gasteiger partial charge < -0.3 is 10.2 Å². The van der Waals surface area contributed by atoms with Gasteiger partial charge in [-0.1, -0.05) is 88.9 Å². The molecule has 7 nitrogen and oxygen atoms in total. The summed E-state index contributed by atoms with van der Waals surface area (Å²) in [4.78, 5) is 28.6. The summed E-state index contributed by atoms with van der Waals surface area (Å²) in [6.07, 6.45) is 1.16. The van der Waals surface area contributed by atoms with Gasteiger partial charge in [0.1, 0.15) is 12.6 Å². The summed E-state index contributed by atoms with van der Waals surface area (Å²) in [5, 5.41) is 3.52. The van der Waals surface area contributed by atoms with Crippen molar-refractivity contribution in [1.82, 2.24) is 10.2 Å². The predicted octanol–water partition coefficient (Wildman–Crippen LogP) is 5.84. The van der Waals surface area contributed by atoms with Crippen LogP contribution in [0.15, 0.2) is 66.7 Å². The number of carbonyl (C=O) groups excluding carboxylic acids is 2. The highest BCUT2D eigenvalue weighted by atomic mass is 35.5. The van der Waals surface area contributed by atoms with E-state index in [4.69, 9.17) is 46.4 Å². The van der Waals surface area contributed by atoms with Crippen molar-refractivity contribution in [3.63, 3.8) is 0 Å². The zero-order chi connectivity index (χ0) is 28.7. The number of hydrogen-bond acceptors (Lipinski definition) is 4. The number of halogens is 4. The maximum absolute atomic E-state index is 14.0. The van der Waals surface area contributed by atoms with Crippen LogP contribution < -0.4 is 9.62 Å². The molecule has 0 heterocycles. The molecule has 0 aromatic heterocycles. The summed E-state index contributed by atoms with van der Waals surface area (Å²) in [5.41, 5.74) is 1.47. The van der Waals surface area contributed by atoms with Crippen molar-refractivity contribution in [3.8, 4) is 0 Å². The smallest absolute Gasteiger partial charge is 0.244 e. The molecule has 0 unspecified atom stereocenters. The SMILES string of the molecule is CCNC(=O)[C@@H](Cc1ccccc1)N(Cc1ccc(Cl)c(Cl)c1)C(=O)CN(c1cccc(Cl)c1Cl)S(C)(=O)=O. The monoisotopic (exact) mass is 629 g/mol. The molecule has 0 spiro atoms. The van der Waals surface area contributed by atoms with E-state index in [0.29, 0.717) is 17.1 Å². The van der Waals surface area contributed by atoms with E-state index < -0.39 is 28.5 Å². The third-order valence-electron chi connectivity index (χ3n) is 5.84. The Bertz CT molecular complexity index is 1440. The van der Waals surface area contributed by atoms with Crippen LogP contribution in [0.1, 0.15) is 18.1 Å². The van der Waals surface area contributed by atoms with E-state index in [0.717, 1.165) is 16.1 Å². The maximum atomic E-state index is 14.0. The van der Waals surface area contributed by atoms with E-state index >= 15 is 0 Å². The van der Waals surface area contributed by atoms with Crippen LogP contribution in [0.2, 0.25) is 20.1 Å². The molecule has 3 aromatic carbocycles. The van der Waals surface area contributed by atoms with Crippen LogP contribution in [0.25, 0.3) is 0 Å². The molecule has 12 heteroatoms. The third-order valence-corrected chi connectivity index (χ3v) is 8.51. The molecule has 1 N–H and O–H groups in total. The number of sulfonamides is 1. The Labute approximate surface area is 248 Å². The van der Waals surface area contributed by atoms with Gasteiger partial charge in [0.05, 0.1) is 32.0 Å². The minimum atomic E-state index is -3.98. The average Bonchev–Trinajstić information content (AvgIpc) is 2.88. The Morgan fingerprint density at radius 3 is 2.18 bits per heavy atom. The maximum Gasteiger partial charge on any atom is 0.244 e. The zero-order valence-electron chi connectivity index (χ0n) is 21.2. The second kappa shape index (κ2) is 13.7. The molecule has 3 aromatic rings. The lowest BCUT2D eigenvalue weighted by atomic mass is 10.0. The van der Waals surface area contributed by atoms with Crippen molar-refractivity contribution in [1.29, 1.82) is 0 Å². The van der Waals surface area contributed by atoms with Crippen LogP contribution in [0, 0.1) is 0 Å². The van der Waals surface area contributed by atoms with Crippen molar-refractivity contribution >= 4 is 73.9 Å². The number of rotatable bonds is 11. The van der Waals surface area contributed by atoms with E-state index in [1.807, 2.05) is 30.3 Å². The Hall–Kier alpha value is -2.49. The summed E-state index contributed by atoms with van der Waals surface area (Å²) in [6.45, 7) is 1.46. The largest absolute Gasteiger partial charge is 0.355 e. The minimum absolute atomic E-state index is 0.0158. The van der Waals surface area contributed by atoms with Gasteiger partial charge in [0.25, 0.3) is 0 Å². The highest BCUT2D eigenvalue weighted by Crippen LogP contribution is 2.34. The van der Waals surface area contributed by atoms with Gasteiger partial charge in [0, 0.05) is 19.5 Å². The second-order valence-corrected chi connectivity index (χ2v) is 12.2. The number of anilines is 1. The number of carbonyl (C=O) groups is 2. The predicted molar refractivity (Wildman–Crippen MR) is 158 cm³/mol. The quantitative estimate of drug-likeness (QED) is 0.288. The van der Waals surface area contributed by atoms with E-state index in [1.165, 1.54) is 23.1 Å². The highest BCUT2D eigenvalue weighted by Gasteiger charge is 2.33. The van der Waals surface area contributed by atoms with E-state index in [1.54, 1.807) is 25.1 Å². The fourth-order valence-corrected chi connectivity index (χ4v) is 5.58. The van der Waals surface area contributed by atoms with E-state index in [2.05, 4.69) is 5.32 Å². The number of nitrogens with one attached hydrogen (secondary N) is 1. The van der Waals surface area contributed by atoms with Gasteiger partial charge >= 0.3 is 0 Å². The molecule has 39 heavy (non-hydrogen) atoms. The van der Waals surface area contributed by atoms with Gasteiger partial charge in [-0.3, -0.25) is 13.9 Å². The van der Waals surface area contributed by atoms with E-state index in [9.17, 15) is 18.0 Å². The van der Waals surface area contributed by atoms with Gasteiger partial charge in [-0.25, -0.2) is 8.42 Å². The van der Waals surface area contributed by atoms with Crippen LogP contribution in [0.4, 0.5) is 5.69 Å². The Balaban J connectivity index is 2.08. The second-order valence-electron chi connectivity index (χ2n) is 8.71. The van der Waals surface area contributed by atoms with Crippen molar-refractivity contribution in [2.24, 2.45) is 0 Å². The summed E-state index contributed by atoms with van der Waals surface area (Å²) in [5.74, 6) is -1.02. The van der Waals surface area contributed by atoms with Gasteiger partial charge in [0.2, 0.25) is 21.8 Å². The lowest BCUT2D eigenvalue weighted by Crippen LogP contribution is -2.53. The summed E-state index contributed by atoms with van der Waals surface area (Å²) < 4.78 is 26.5. The molecular formula is C27H27Cl4N3O4S. The first-order chi connectivity index (χ1) is 18.4. The topological polar surface area (TPSA) is 86.8 Å². The molecule has 0 saturated heterocycles. The molecule has 0 saturated carbocycles. The van der Waals surface area contributed by atoms with Crippen LogP contribution in [0.3, 0.4) is 0 Å². The summed E-state index contributed by atoms with van der Waals surface area (Å²) in [7, 11) is -3.98. The Morgan fingerprint density at radius 2 is 1.56 bits per heavy atom. The molecule has 1 atom stereocenters. The summed E-state index contributed by atoms with van der Waals surface area (Å²) >= 11 is 24.8. The average molecular weight is 631 g/mol. The number of amides is 2. The van der Waals surface area contributed by atoms with Gasteiger partial charge in [-0.05, 0) is 42.3 Å². The fraction of sp³-hybridized carbons (Fsp3) is 0.259. The molecule has 0 bridgehead atoms. The molecular weight excluding hydrogens is 604 g/mol. The molecule has 0 fully saturated rings. The van der Waals surface area contributed by atoms with Crippen LogP contribution in [-0.2, 0) is 32.6 Å². The zero-order valence-corrected chi connectivity index (χ0v) is 25.0. The van der Waals surface area contributed by atoms with Crippen molar-refractivity contribution < 1.29 is 18.0 Å². The highest BCUT2D eigenvalue weighted by molar-refractivity contribution is 7.92. The molecule has 2 amide bonds. The first kappa shape index (κ1) is 31.0. The molecule has 0 aliphatic rings. The molecule has 3 rings (SSSR count). The third kappa shape index (κ3) is 8.25. The Morgan fingerprint density at radius 1 is 0.872 bits per heavy atom.